The number of methoxy groups -OCH3 is 1. The van der Waals surface area contributed by atoms with Crippen LogP contribution in [-0.2, 0) is 14.3 Å². The zero-order valence-corrected chi connectivity index (χ0v) is 13.4. The second kappa shape index (κ2) is 6.02. The van der Waals surface area contributed by atoms with Crippen molar-refractivity contribution in [2.75, 3.05) is 26.9 Å². The van der Waals surface area contributed by atoms with E-state index >= 15 is 0 Å². The average molecular weight is 283 g/mol. The zero-order chi connectivity index (χ0) is 14.8. The maximum Gasteiger partial charge on any atom is 0.231 e. The third-order valence-corrected chi connectivity index (χ3v) is 4.90. The molecule has 1 saturated heterocycles. The minimum atomic E-state index is -0.243. The Morgan fingerprint density at radius 2 is 2.10 bits per heavy atom. The first-order valence-corrected chi connectivity index (χ1v) is 7.88. The van der Waals surface area contributed by atoms with E-state index in [4.69, 9.17) is 9.47 Å². The fraction of sp³-hybridized carbons (Fsp3) is 0.938. The molecule has 2 aliphatic rings. The molecule has 1 aliphatic heterocycles. The number of carbonyl (C=O) groups is 1. The Morgan fingerprint density at radius 3 is 2.55 bits per heavy atom. The Balaban J connectivity index is 2.09. The van der Waals surface area contributed by atoms with Crippen LogP contribution in [0.2, 0.25) is 0 Å². The molecule has 1 atom stereocenters. The summed E-state index contributed by atoms with van der Waals surface area (Å²) in [4.78, 5) is 15.1. The SMILES string of the molecule is CCN(C(=O)C1(COC)CCC1)[C@@H]1CCOC(C)(C)C1. The smallest absolute Gasteiger partial charge is 0.231 e. The number of ether oxygens (including phenoxy) is 2. The normalized spacial score (nSPS) is 27.7. The molecule has 0 aromatic heterocycles. The molecule has 20 heavy (non-hydrogen) atoms. The van der Waals surface area contributed by atoms with Crippen LogP contribution in [0, 0.1) is 5.41 Å². The van der Waals surface area contributed by atoms with Gasteiger partial charge in [-0.3, -0.25) is 4.79 Å². The van der Waals surface area contributed by atoms with Gasteiger partial charge in [-0.1, -0.05) is 6.42 Å². The third-order valence-electron chi connectivity index (χ3n) is 4.90. The molecule has 2 rings (SSSR count). The van der Waals surface area contributed by atoms with Gasteiger partial charge in [0.1, 0.15) is 0 Å². The first-order valence-electron chi connectivity index (χ1n) is 7.88. The Labute approximate surface area is 122 Å². The van der Waals surface area contributed by atoms with E-state index in [1.807, 2.05) is 0 Å². The van der Waals surface area contributed by atoms with Crippen LogP contribution in [0.4, 0.5) is 0 Å². The number of rotatable bonds is 5. The van der Waals surface area contributed by atoms with Crippen molar-refractivity contribution < 1.29 is 14.3 Å². The summed E-state index contributed by atoms with van der Waals surface area (Å²) in [6, 6.07) is 0.311. The lowest BCUT2D eigenvalue weighted by Gasteiger charge is -2.47. The Bertz CT molecular complexity index is 350. The van der Waals surface area contributed by atoms with Crippen LogP contribution in [-0.4, -0.2) is 49.3 Å². The number of hydrogen-bond acceptors (Lipinski definition) is 3. The van der Waals surface area contributed by atoms with Gasteiger partial charge in [0, 0.05) is 26.3 Å². The first-order chi connectivity index (χ1) is 9.44. The van der Waals surface area contributed by atoms with E-state index in [1.165, 1.54) is 0 Å². The maximum absolute atomic E-state index is 13.0. The second-order valence-corrected chi connectivity index (χ2v) is 6.91. The van der Waals surface area contributed by atoms with E-state index in [-0.39, 0.29) is 11.0 Å². The lowest BCUT2D eigenvalue weighted by molar-refractivity contribution is -0.160. The van der Waals surface area contributed by atoms with Crippen LogP contribution in [0.15, 0.2) is 0 Å². The molecule has 1 saturated carbocycles. The van der Waals surface area contributed by atoms with Crippen molar-refractivity contribution in [2.45, 2.75) is 64.5 Å². The van der Waals surface area contributed by atoms with Crippen molar-refractivity contribution in [3.05, 3.63) is 0 Å². The van der Waals surface area contributed by atoms with Crippen LogP contribution >= 0.6 is 0 Å². The summed E-state index contributed by atoms with van der Waals surface area (Å²) in [5, 5.41) is 0. The monoisotopic (exact) mass is 283 g/mol. The molecule has 2 fully saturated rings. The molecule has 4 heteroatoms. The van der Waals surface area contributed by atoms with Crippen LogP contribution in [0.25, 0.3) is 0 Å². The van der Waals surface area contributed by atoms with E-state index in [2.05, 4.69) is 25.7 Å². The molecular formula is C16H29NO3. The lowest BCUT2D eigenvalue weighted by Crippen LogP contribution is -2.56. The zero-order valence-electron chi connectivity index (χ0n) is 13.4. The van der Waals surface area contributed by atoms with Crippen molar-refractivity contribution in [1.29, 1.82) is 0 Å². The summed E-state index contributed by atoms with van der Waals surface area (Å²) in [5.41, 5.74) is -0.363. The number of amides is 1. The molecule has 0 N–H and O–H groups in total. The Kier molecular flexibility index (Phi) is 4.75. The minimum absolute atomic E-state index is 0.120. The van der Waals surface area contributed by atoms with Gasteiger partial charge in [-0.25, -0.2) is 0 Å². The molecule has 0 spiro atoms. The summed E-state index contributed by atoms with van der Waals surface area (Å²) >= 11 is 0. The molecule has 1 heterocycles. The van der Waals surface area contributed by atoms with Crippen molar-refractivity contribution in [2.24, 2.45) is 5.41 Å². The van der Waals surface area contributed by atoms with Gasteiger partial charge in [0.15, 0.2) is 0 Å². The molecule has 0 aromatic carbocycles. The second-order valence-electron chi connectivity index (χ2n) is 6.91. The predicted octanol–water partition coefficient (Wildman–Crippen LogP) is 2.61. The lowest BCUT2D eigenvalue weighted by atomic mass is 9.68. The summed E-state index contributed by atoms with van der Waals surface area (Å²) in [5.74, 6) is 0.302. The predicted molar refractivity (Wildman–Crippen MR) is 78.6 cm³/mol. The van der Waals surface area contributed by atoms with Crippen LogP contribution in [0.3, 0.4) is 0 Å². The number of hydrogen-bond donors (Lipinski definition) is 0. The van der Waals surface area contributed by atoms with Crippen LogP contribution in [0.5, 0.6) is 0 Å². The van der Waals surface area contributed by atoms with Gasteiger partial charge in [-0.05, 0) is 46.5 Å². The molecule has 1 amide bonds. The Hall–Kier alpha value is -0.610. The summed E-state index contributed by atoms with van der Waals surface area (Å²) < 4.78 is 11.1. The quantitative estimate of drug-likeness (QED) is 0.778. The van der Waals surface area contributed by atoms with Crippen molar-refractivity contribution in [3.63, 3.8) is 0 Å². The van der Waals surface area contributed by atoms with Gasteiger partial charge in [0.25, 0.3) is 0 Å². The Morgan fingerprint density at radius 1 is 1.40 bits per heavy atom. The van der Waals surface area contributed by atoms with E-state index < -0.39 is 0 Å². The molecule has 116 valence electrons. The molecule has 0 unspecified atom stereocenters. The highest BCUT2D eigenvalue weighted by Crippen LogP contribution is 2.43. The van der Waals surface area contributed by atoms with Crippen molar-refractivity contribution >= 4 is 5.91 Å². The summed E-state index contributed by atoms with van der Waals surface area (Å²) in [6.45, 7) is 8.41. The molecule has 0 aromatic rings. The van der Waals surface area contributed by atoms with E-state index in [0.29, 0.717) is 18.6 Å². The summed E-state index contributed by atoms with van der Waals surface area (Å²) in [6.07, 6.45) is 4.97. The summed E-state index contributed by atoms with van der Waals surface area (Å²) in [7, 11) is 1.70. The minimum Gasteiger partial charge on any atom is -0.384 e. The van der Waals surface area contributed by atoms with E-state index in [0.717, 1.165) is 45.3 Å². The van der Waals surface area contributed by atoms with Crippen molar-refractivity contribution in [3.8, 4) is 0 Å². The number of carbonyl (C=O) groups excluding carboxylic acids is 1. The molecule has 1 aliphatic carbocycles. The van der Waals surface area contributed by atoms with Gasteiger partial charge in [-0.2, -0.15) is 0 Å². The van der Waals surface area contributed by atoms with E-state index in [1.54, 1.807) is 7.11 Å². The highest BCUT2D eigenvalue weighted by Gasteiger charge is 2.48. The van der Waals surface area contributed by atoms with E-state index in [9.17, 15) is 4.79 Å². The van der Waals surface area contributed by atoms with Gasteiger partial charge in [0.05, 0.1) is 17.6 Å². The fourth-order valence-electron chi connectivity index (χ4n) is 3.64. The number of nitrogens with zero attached hydrogens (tertiary/aromatic N) is 1. The average Bonchev–Trinajstić information content (AvgIpc) is 2.33. The molecular weight excluding hydrogens is 254 g/mol. The highest BCUT2D eigenvalue weighted by molar-refractivity contribution is 5.84. The molecule has 4 nitrogen and oxygen atoms in total. The van der Waals surface area contributed by atoms with Crippen molar-refractivity contribution in [1.82, 2.24) is 4.90 Å². The largest absolute Gasteiger partial charge is 0.384 e. The van der Waals surface area contributed by atoms with Gasteiger partial charge < -0.3 is 14.4 Å². The van der Waals surface area contributed by atoms with Gasteiger partial charge in [-0.15, -0.1) is 0 Å². The maximum atomic E-state index is 13.0. The van der Waals surface area contributed by atoms with Gasteiger partial charge >= 0.3 is 0 Å². The fourth-order valence-corrected chi connectivity index (χ4v) is 3.64. The standard InChI is InChI=1S/C16H29NO3/c1-5-17(13-7-10-20-15(2,3)11-13)14(18)16(12-19-4)8-6-9-16/h13H,5-12H2,1-4H3/t13-/m1/s1. The third kappa shape index (κ3) is 3.01. The molecule has 0 bridgehead atoms. The topological polar surface area (TPSA) is 38.8 Å². The highest BCUT2D eigenvalue weighted by atomic mass is 16.5. The van der Waals surface area contributed by atoms with Crippen LogP contribution < -0.4 is 0 Å². The van der Waals surface area contributed by atoms with Gasteiger partial charge in [0.2, 0.25) is 5.91 Å². The van der Waals surface area contributed by atoms with Crippen LogP contribution in [0.1, 0.15) is 52.9 Å². The molecule has 0 radical (unpaired) electrons. The first kappa shape index (κ1) is 15.8.